The second kappa shape index (κ2) is 5.29. The fourth-order valence-electron chi connectivity index (χ4n) is 1.56. The molecule has 0 amide bonds. The van der Waals surface area contributed by atoms with E-state index in [0.717, 1.165) is 19.6 Å². The molecule has 1 heterocycles. The van der Waals surface area contributed by atoms with Crippen molar-refractivity contribution < 1.29 is 14.6 Å². The molecule has 0 saturated carbocycles. The van der Waals surface area contributed by atoms with Crippen LogP contribution in [-0.4, -0.2) is 42.9 Å². The zero-order chi connectivity index (χ0) is 10.6. The summed E-state index contributed by atoms with van der Waals surface area (Å²) >= 11 is 0. The first-order valence-corrected chi connectivity index (χ1v) is 4.92. The van der Waals surface area contributed by atoms with Crippen molar-refractivity contribution in [2.45, 2.75) is 25.5 Å². The van der Waals surface area contributed by atoms with E-state index in [-0.39, 0.29) is 6.10 Å². The van der Waals surface area contributed by atoms with Crippen LogP contribution in [0.5, 0.6) is 0 Å². The molecule has 1 aliphatic rings. The van der Waals surface area contributed by atoms with Crippen molar-refractivity contribution in [1.82, 2.24) is 5.32 Å². The molecule has 3 unspecified atom stereocenters. The quantitative estimate of drug-likeness (QED) is 0.555. The van der Waals surface area contributed by atoms with Crippen LogP contribution in [0.3, 0.4) is 0 Å². The fourth-order valence-corrected chi connectivity index (χ4v) is 1.56. The average Bonchev–Trinajstić information content (AvgIpc) is 2.51. The van der Waals surface area contributed by atoms with Gasteiger partial charge in [-0.05, 0) is 19.3 Å². The molecule has 0 radical (unpaired) electrons. The Labute approximate surface area is 83.6 Å². The maximum Gasteiger partial charge on any atom is 0.321 e. The van der Waals surface area contributed by atoms with E-state index in [1.54, 1.807) is 0 Å². The topological polar surface area (TPSA) is 84.6 Å². The number of nitrogens with one attached hydrogen (secondary N) is 1. The number of carbonyl (C=O) groups is 1. The van der Waals surface area contributed by atoms with Gasteiger partial charge in [-0.1, -0.05) is 0 Å². The highest BCUT2D eigenvalue weighted by molar-refractivity contribution is 5.73. The lowest BCUT2D eigenvalue weighted by Crippen LogP contribution is -2.42. The van der Waals surface area contributed by atoms with Crippen LogP contribution in [-0.2, 0) is 9.53 Å². The lowest BCUT2D eigenvalue weighted by Gasteiger charge is -2.15. The number of hydrogen-bond donors (Lipinski definition) is 3. The van der Waals surface area contributed by atoms with E-state index >= 15 is 0 Å². The molecule has 1 aliphatic heterocycles. The number of carboxylic acids is 1. The van der Waals surface area contributed by atoms with Crippen LogP contribution < -0.4 is 11.1 Å². The highest BCUT2D eigenvalue weighted by atomic mass is 16.5. The molecule has 5 heteroatoms. The molecule has 0 spiro atoms. The number of ether oxygens (including phenoxy) is 1. The summed E-state index contributed by atoms with van der Waals surface area (Å²) in [5.74, 6) is -0.482. The van der Waals surface area contributed by atoms with Gasteiger partial charge in [0, 0.05) is 19.7 Å². The van der Waals surface area contributed by atoms with Crippen molar-refractivity contribution in [2.75, 3.05) is 19.7 Å². The Morgan fingerprint density at radius 1 is 1.79 bits per heavy atom. The van der Waals surface area contributed by atoms with Crippen LogP contribution in [0.1, 0.15) is 13.3 Å². The van der Waals surface area contributed by atoms with Crippen molar-refractivity contribution in [3.63, 3.8) is 0 Å². The summed E-state index contributed by atoms with van der Waals surface area (Å²) in [5.41, 5.74) is 5.34. The normalized spacial score (nSPS) is 29.0. The van der Waals surface area contributed by atoms with Gasteiger partial charge in [0.15, 0.2) is 0 Å². The van der Waals surface area contributed by atoms with E-state index in [1.807, 2.05) is 6.92 Å². The molecule has 3 atom stereocenters. The van der Waals surface area contributed by atoms with E-state index in [2.05, 4.69) is 5.32 Å². The fraction of sp³-hybridized carbons (Fsp3) is 0.889. The number of rotatable bonds is 5. The van der Waals surface area contributed by atoms with E-state index in [4.69, 9.17) is 15.6 Å². The molecule has 0 aromatic carbocycles. The number of nitrogens with two attached hydrogens (primary N) is 1. The SMILES string of the molecule is CC1OCCC1CNCC(N)C(=O)O. The monoisotopic (exact) mass is 202 g/mol. The van der Waals surface area contributed by atoms with Gasteiger partial charge in [0.05, 0.1) is 6.10 Å². The standard InChI is InChI=1S/C9H18N2O3/c1-6-7(2-3-14-6)4-11-5-8(10)9(12)13/h6-8,11H,2-5,10H2,1H3,(H,12,13). The summed E-state index contributed by atoms with van der Waals surface area (Å²) in [6.07, 6.45) is 1.31. The van der Waals surface area contributed by atoms with Gasteiger partial charge in [-0.3, -0.25) is 4.79 Å². The number of carboxylic acid groups (broad SMARTS) is 1. The van der Waals surface area contributed by atoms with Gasteiger partial charge in [-0.2, -0.15) is 0 Å². The van der Waals surface area contributed by atoms with E-state index in [0.29, 0.717) is 12.5 Å². The average molecular weight is 202 g/mol. The highest BCUT2D eigenvalue weighted by Gasteiger charge is 2.23. The first-order valence-electron chi connectivity index (χ1n) is 4.92. The first kappa shape index (κ1) is 11.4. The zero-order valence-corrected chi connectivity index (χ0v) is 8.40. The second-order valence-corrected chi connectivity index (χ2v) is 3.73. The molecular formula is C9H18N2O3. The molecule has 1 rings (SSSR count). The molecule has 82 valence electrons. The van der Waals surface area contributed by atoms with Gasteiger partial charge in [-0.25, -0.2) is 0 Å². The first-order chi connectivity index (χ1) is 6.61. The van der Waals surface area contributed by atoms with E-state index in [9.17, 15) is 4.79 Å². The van der Waals surface area contributed by atoms with Crippen molar-refractivity contribution >= 4 is 5.97 Å². The predicted octanol–water partition coefficient (Wildman–Crippen LogP) is -0.587. The van der Waals surface area contributed by atoms with Crippen LogP contribution in [0.4, 0.5) is 0 Å². The van der Waals surface area contributed by atoms with Crippen molar-refractivity contribution in [3.05, 3.63) is 0 Å². The summed E-state index contributed by atoms with van der Waals surface area (Å²) in [5, 5.41) is 11.6. The van der Waals surface area contributed by atoms with Crippen molar-refractivity contribution in [3.8, 4) is 0 Å². The summed E-state index contributed by atoms with van der Waals surface area (Å²) in [4.78, 5) is 10.4. The molecule has 0 bridgehead atoms. The summed E-state index contributed by atoms with van der Waals surface area (Å²) < 4.78 is 5.38. The lowest BCUT2D eigenvalue weighted by molar-refractivity contribution is -0.138. The number of hydrogen-bond acceptors (Lipinski definition) is 4. The maximum atomic E-state index is 10.4. The molecule has 0 aliphatic carbocycles. The molecule has 1 fully saturated rings. The van der Waals surface area contributed by atoms with Crippen molar-refractivity contribution in [1.29, 1.82) is 0 Å². The zero-order valence-electron chi connectivity index (χ0n) is 8.40. The Morgan fingerprint density at radius 2 is 2.50 bits per heavy atom. The van der Waals surface area contributed by atoms with Gasteiger partial charge in [0.25, 0.3) is 0 Å². The molecule has 1 saturated heterocycles. The van der Waals surface area contributed by atoms with Crippen LogP contribution in [0.2, 0.25) is 0 Å². The third-order valence-corrected chi connectivity index (χ3v) is 2.62. The van der Waals surface area contributed by atoms with Gasteiger partial charge in [0.2, 0.25) is 0 Å². The second-order valence-electron chi connectivity index (χ2n) is 3.73. The van der Waals surface area contributed by atoms with Crippen LogP contribution >= 0.6 is 0 Å². The third-order valence-electron chi connectivity index (χ3n) is 2.62. The highest BCUT2D eigenvalue weighted by Crippen LogP contribution is 2.18. The van der Waals surface area contributed by atoms with Crippen LogP contribution in [0.25, 0.3) is 0 Å². The minimum Gasteiger partial charge on any atom is -0.480 e. The Balaban J connectivity index is 2.11. The Kier molecular flexibility index (Phi) is 4.31. The van der Waals surface area contributed by atoms with Crippen LogP contribution in [0.15, 0.2) is 0 Å². The Bertz CT molecular complexity index is 198. The molecule has 0 aromatic heterocycles. The minimum absolute atomic E-state index is 0.267. The van der Waals surface area contributed by atoms with Gasteiger partial charge >= 0.3 is 5.97 Å². The third kappa shape index (κ3) is 3.25. The lowest BCUT2D eigenvalue weighted by atomic mass is 10.0. The smallest absolute Gasteiger partial charge is 0.321 e. The van der Waals surface area contributed by atoms with Gasteiger partial charge in [-0.15, -0.1) is 0 Å². The minimum atomic E-state index is -0.965. The molecule has 4 N–H and O–H groups in total. The van der Waals surface area contributed by atoms with E-state index < -0.39 is 12.0 Å². The molecule has 0 aromatic rings. The Hall–Kier alpha value is -0.650. The summed E-state index contributed by atoms with van der Waals surface area (Å²) in [6, 6.07) is -0.812. The Morgan fingerprint density at radius 3 is 3.00 bits per heavy atom. The van der Waals surface area contributed by atoms with Crippen LogP contribution in [0, 0.1) is 5.92 Å². The summed E-state index contributed by atoms with van der Waals surface area (Å²) in [6.45, 7) is 3.94. The largest absolute Gasteiger partial charge is 0.480 e. The predicted molar refractivity (Wildman–Crippen MR) is 52.0 cm³/mol. The molecular weight excluding hydrogens is 184 g/mol. The van der Waals surface area contributed by atoms with Gasteiger partial charge in [0.1, 0.15) is 6.04 Å². The molecule has 5 nitrogen and oxygen atoms in total. The number of aliphatic carboxylic acids is 1. The maximum absolute atomic E-state index is 10.4. The van der Waals surface area contributed by atoms with E-state index in [1.165, 1.54) is 0 Å². The van der Waals surface area contributed by atoms with Crippen molar-refractivity contribution in [2.24, 2.45) is 11.7 Å². The van der Waals surface area contributed by atoms with Gasteiger partial charge < -0.3 is 20.9 Å². The summed E-state index contributed by atoms with van der Waals surface area (Å²) in [7, 11) is 0. The molecule has 14 heavy (non-hydrogen) atoms.